The van der Waals surface area contributed by atoms with E-state index in [1.165, 1.54) is 0 Å². The number of para-hydroxylation sites is 4. The highest BCUT2D eigenvalue weighted by Gasteiger charge is 2.68. The van der Waals surface area contributed by atoms with Gasteiger partial charge in [-0.25, -0.2) is 0 Å². The van der Waals surface area contributed by atoms with E-state index in [1.807, 2.05) is 0 Å². The zero-order valence-corrected chi connectivity index (χ0v) is 51.6. The fourth-order valence-electron chi connectivity index (χ4n) is 12.9. The van der Waals surface area contributed by atoms with E-state index in [9.17, 15) is 0 Å². The quantitative estimate of drug-likeness (QED) is 0.119. The molecule has 0 unspecified atom stereocenters. The lowest BCUT2D eigenvalue weighted by Gasteiger charge is -2.53. The van der Waals surface area contributed by atoms with Crippen molar-refractivity contribution in [2.75, 3.05) is 0 Å². The van der Waals surface area contributed by atoms with Gasteiger partial charge in [-0.1, -0.05) is 303 Å². The first-order valence-electron chi connectivity index (χ1n) is 29.6. The van der Waals surface area contributed by atoms with Crippen molar-refractivity contribution in [3.05, 3.63) is 334 Å². The Morgan fingerprint density at radius 2 is 0.443 bits per heavy atom. The van der Waals surface area contributed by atoms with Crippen molar-refractivity contribution >= 4 is 119 Å². The molecule has 1 aliphatic rings. The molecule has 1 saturated heterocycles. The molecule has 16 rings (SSSR count). The first-order chi connectivity index (χ1) is 43.5. The van der Waals surface area contributed by atoms with E-state index in [-0.39, 0.29) is 0 Å². The molecule has 1 fully saturated rings. The molecule has 0 aliphatic carbocycles. The fourth-order valence-corrected chi connectivity index (χ4v) is 35.5. The molecule has 0 radical (unpaired) electrons. The van der Waals surface area contributed by atoms with Crippen LogP contribution in [-0.4, -0.2) is 58.3 Å². The molecule has 0 spiro atoms. The fraction of sp³-hybridized carbons (Fsp3) is 0. The van der Waals surface area contributed by atoms with Crippen LogP contribution in [0.4, 0.5) is 0 Å². The second-order valence-corrected chi connectivity index (χ2v) is 34.8. The summed E-state index contributed by atoms with van der Waals surface area (Å²) in [6.07, 6.45) is 0. The van der Waals surface area contributed by atoms with Gasteiger partial charge in [-0.3, -0.25) is 9.13 Å². The highest BCUT2D eigenvalue weighted by atomic mass is 28.5. The first-order valence-corrected chi connectivity index (χ1v) is 36.8. The Hall–Kier alpha value is -10.0. The SMILES string of the molecule is c1ccc([Si]2(c3ccccc3)O[Si](c3ccccc3)(c3ccccc3)O[Si](c3ccccc3)(c3cccc(-c4nc(-n5c6ccccc6c6ccccc65)nc(-n5c6ccccc6c6ccccc65)n4)c3)O[Si](c3ccccc3)(c3ccccc3)O2)cc1. The topological polar surface area (TPSA) is 85.5 Å². The molecular weight excluding hydrogens is 1150 g/mol. The second-order valence-electron chi connectivity index (χ2n) is 22.0. The van der Waals surface area contributed by atoms with E-state index in [1.54, 1.807) is 0 Å². The van der Waals surface area contributed by atoms with Crippen molar-refractivity contribution in [2.45, 2.75) is 0 Å². The van der Waals surface area contributed by atoms with Crippen LogP contribution < -0.4 is 41.5 Å². The summed E-state index contributed by atoms with van der Waals surface area (Å²) in [7, 11) is -17.0. The largest absolute Gasteiger partial charge is 0.402 e. The molecule has 88 heavy (non-hydrogen) atoms. The molecule has 0 bridgehead atoms. The molecule has 420 valence electrons. The average molecular weight is 1200 g/mol. The van der Waals surface area contributed by atoms with Gasteiger partial charge in [0.2, 0.25) is 11.9 Å². The van der Waals surface area contributed by atoms with Crippen molar-refractivity contribution < 1.29 is 16.5 Å². The number of hydrogen-bond donors (Lipinski definition) is 0. The van der Waals surface area contributed by atoms with Crippen molar-refractivity contribution in [3.63, 3.8) is 0 Å². The maximum Gasteiger partial charge on any atom is 0.390 e. The van der Waals surface area contributed by atoms with E-state index >= 15 is 0 Å². The summed E-state index contributed by atoms with van der Waals surface area (Å²) < 4.78 is 39.7. The molecule has 0 amide bonds. The molecule has 1 aliphatic heterocycles. The Labute approximate surface area is 513 Å². The molecule has 12 aromatic carbocycles. The molecular formula is C75H55N5O4Si4. The minimum absolute atomic E-state index is 0.463. The van der Waals surface area contributed by atoms with Crippen molar-refractivity contribution in [1.29, 1.82) is 0 Å². The monoisotopic (exact) mass is 1200 g/mol. The van der Waals surface area contributed by atoms with E-state index in [0.29, 0.717) is 17.7 Å². The summed E-state index contributed by atoms with van der Waals surface area (Å²) in [5.41, 5.74) is 4.65. The zero-order chi connectivity index (χ0) is 58.5. The van der Waals surface area contributed by atoms with Gasteiger partial charge in [0.15, 0.2) is 5.82 Å². The maximum absolute atomic E-state index is 8.92. The predicted octanol–water partition coefficient (Wildman–Crippen LogP) is 11.1. The summed E-state index contributed by atoms with van der Waals surface area (Å²) in [5.74, 6) is 1.41. The number of fused-ring (bicyclic) bond motifs is 6. The Balaban J connectivity index is 1.03. The minimum atomic E-state index is -4.41. The molecule has 3 aromatic heterocycles. The third-order valence-electron chi connectivity index (χ3n) is 16.9. The summed E-state index contributed by atoms with van der Waals surface area (Å²) in [6.45, 7) is 0. The maximum atomic E-state index is 8.92. The second kappa shape index (κ2) is 22.0. The number of rotatable bonds is 11. The van der Waals surface area contributed by atoms with E-state index in [0.717, 1.165) is 90.7 Å². The van der Waals surface area contributed by atoms with Gasteiger partial charge >= 0.3 is 34.2 Å². The van der Waals surface area contributed by atoms with E-state index in [4.69, 9.17) is 31.4 Å². The third-order valence-corrected chi connectivity index (χ3v) is 34.8. The average Bonchev–Trinajstić information content (AvgIpc) is 0.967. The van der Waals surface area contributed by atoms with Gasteiger partial charge in [0, 0.05) is 27.1 Å². The minimum Gasteiger partial charge on any atom is -0.402 e. The number of benzene rings is 12. The standard InChI is InChI=1S/C75H55N5O4Si4/c1-8-32-57(33-9-1)85(58-34-10-2-11-35-58)81-86(59-36-12-3-13-37-59,60-38-14-4-15-39-60)83-88(63-44-20-7-21-45-63,84-87(82-85,61-40-16-5-17-41-61)62-42-18-6-19-43-62)64-46-30-31-56(55-64)73-76-74(79-69-51-26-22-47-65(69)66-48-23-27-52-70(66)79)78-75(77-73)80-71-53-28-24-49-67(71)68-50-25-29-54-72(68)80/h1-55H. The first kappa shape index (κ1) is 53.4. The summed E-state index contributed by atoms with van der Waals surface area (Å²) in [6, 6.07) is 116. The lowest BCUT2D eigenvalue weighted by molar-refractivity contribution is 0.268. The zero-order valence-electron chi connectivity index (χ0n) is 47.6. The van der Waals surface area contributed by atoms with Gasteiger partial charge in [0.05, 0.1) is 22.1 Å². The lowest BCUT2D eigenvalue weighted by Crippen LogP contribution is -2.88. The van der Waals surface area contributed by atoms with Gasteiger partial charge in [0.1, 0.15) is 0 Å². The van der Waals surface area contributed by atoms with Crippen LogP contribution in [0.2, 0.25) is 0 Å². The van der Waals surface area contributed by atoms with Crippen molar-refractivity contribution in [2.24, 2.45) is 0 Å². The molecule has 0 atom stereocenters. The Bertz CT molecular complexity index is 4560. The van der Waals surface area contributed by atoms with Crippen LogP contribution in [0.1, 0.15) is 0 Å². The highest BCUT2D eigenvalue weighted by molar-refractivity contribution is 7.16. The Morgan fingerprint density at radius 3 is 0.716 bits per heavy atom. The van der Waals surface area contributed by atoms with Crippen LogP contribution in [0.15, 0.2) is 334 Å². The summed E-state index contributed by atoms with van der Waals surface area (Å²) in [4.78, 5) is 16.7. The highest BCUT2D eigenvalue weighted by Crippen LogP contribution is 2.37. The van der Waals surface area contributed by atoms with Crippen LogP contribution in [0.25, 0.3) is 66.9 Å². The molecule has 4 heterocycles. The number of aromatic nitrogens is 5. The van der Waals surface area contributed by atoms with Gasteiger partial charge in [-0.05, 0) is 71.8 Å². The van der Waals surface area contributed by atoms with Gasteiger partial charge in [-0.15, -0.1) is 0 Å². The number of nitrogens with zero attached hydrogens (tertiary/aromatic N) is 5. The summed E-state index contributed by atoms with van der Waals surface area (Å²) in [5, 5.41) is 11.5. The molecule has 0 saturated carbocycles. The van der Waals surface area contributed by atoms with Crippen LogP contribution in [0, 0.1) is 0 Å². The van der Waals surface area contributed by atoms with Crippen molar-refractivity contribution in [1.82, 2.24) is 24.1 Å². The number of hydrogen-bond acceptors (Lipinski definition) is 7. The Kier molecular flexibility index (Phi) is 13.4. The van der Waals surface area contributed by atoms with E-state index in [2.05, 4.69) is 343 Å². The smallest absolute Gasteiger partial charge is 0.390 e. The van der Waals surface area contributed by atoms with E-state index < -0.39 is 34.2 Å². The lowest BCUT2D eigenvalue weighted by atomic mass is 10.2. The van der Waals surface area contributed by atoms with Crippen LogP contribution in [0.3, 0.4) is 0 Å². The summed E-state index contributed by atoms with van der Waals surface area (Å²) >= 11 is 0. The molecule has 9 nitrogen and oxygen atoms in total. The third kappa shape index (κ3) is 8.82. The Morgan fingerprint density at radius 1 is 0.216 bits per heavy atom. The molecule has 13 heteroatoms. The van der Waals surface area contributed by atoms with Gasteiger partial charge in [-0.2, -0.15) is 15.0 Å². The van der Waals surface area contributed by atoms with Gasteiger partial charge in [0.25, 0.3) is 0 Å². The molecule has 0 N–H and O–H groups in total. The van der Waals surface area contributed by atoms with Crippen molar-refractivity contribution in [3.8, 4) is 23.3 Å². The van der Waals surface area contributed by atoms with Crippen LogP contribution in [0.5, 0.6) is 0 Å². The molecule has 15 aromatic rings. The predicted molar refractivity (Wildman–Crippen MR) is 363 cm³/mol. The van der Waals surface area contributed by atoms with Gasteiger partial charge < -0.3 is 16.5 Å². The normalized spacial score (nSPS) is 15.2. The van der Waals surface area contributed by atoms with Crippen LogP contribution >= 0.6 is 0 Å². The van der Waals surface area contributed by atoms with Crippen LogP contribution in [-0.2, 0) is 16.5 Å².